The first kappa shape index (κ1) is 23.5. The molecule has 0 aliphatic heterocycles. The third kappa shape index (κ3) is 5.86. The molecule has 1 N–H and O–H groups in total. The molecule has 0 saturated carbocycles. The number of hydrogen-bond donors (Lipinski definition) is 1. The van der Waals surface area contributed by atoms with Crippen LogP contribution >= 0.6 is 23.4 Å². The minimum Gasteiger partial charge on any atom is -0.345 e. The molecule has 2 aromatic rings. The van der Waals surface area contributed by atoms with Gasteiger partial charge in [-0.15, -0.1) is 11.8 Å². The largest absolute Gasteiger partial charge is 0.416 e. The number of thioether (sulfide) groups is 1. The predicted octanol–water partition coefficient (Wildman–Crippen LogP) is 4.70. The minimum absolute atomic E-state index is 0.0808. The zero-order valence-electron chi connectivity index (χ0n) is 15.6. The number of nitrogens with zero attached hydrogens (tertiary/aromatic N) is 2. The maximum absolute atomic E-state index is 12.8. The number of carbonyl (C=O) groups is 2. The zero-order chi connectivity index (χ0) is 22.6. The van der Waals surface area contributed by atoms with Crippen LogP contribution in [-0.2, 0) is 11.0 Å². The second kappa shape index (κ2) is 9.35. The highest BCUT2D eigenvalue weighted by Gasteiger charge is 2.33. The summed E-state index contributed by atoms with van der Waals surface area (Å²) in [5.74, 6) is -1.24. The molecule has 0 aliphatic rings. The van der Waals surface area contributed by atoms with E-state index >= 15 is 0 Å². The average molecular weight is 462 g/mol. The van der Waals surface area contributed by atoms with E-state index in [4.69, 9.17) is 11.6 Å². The van der Waals surface area contributed by atoms with Gasteiger partial charge in [0.25, 0.3) is 11.6 Å². The van der Waals surface area contributed by atoms with Gasteiger partial charge in [-0.25, -0.2) is 0 Å². The van der Waals surface area contributed by atoms with Crippen molar-refractivity contribution in [1.29, 1.82) is 0 Å². The molecule has 0 atom stereocenters. The highest BCUT2D eigenvalue weighted by molar-refractivity contribution is 8.00. The smallest absolute Gasteiger partial charge is 0.345 e. The number of benzene rings is 2. The molecule has 2 aromatic carbocycles. The van der Waals surface area contributed by atoms with Gasteiger partial charge in [0.15, 0.2) is 0 Å². The lowest BCUT2D eigenvalue weighted by atomic mass is 10.1. The Morgan fingerprint density at radius 2 is 1.87 bits per heavy atom. The lowest BCUT2D eigenvalue weighted by Crippen LogP contribution is -2.22. The van der Waals surface area contributed by atoms with Crippen LogP contribution < -0.4 is 5.32 Å². The van der Waals surface area contributed by atoms with E-state index in [1.165, 1.54) is 37.2 Å². The van der Waals surface area contributed by atoms with Crippen molar-refractivity contribution in [2.45, 2.75) is 11.1 Å². The second-order valence-corrected chi connectivity index (χ2v) is 7.59. The average Bonchev–Trinajstić information content (AvgIpc) is 2.66. The van der Waals surface area contributed by atoms with E-state index in [1.807, 2.05) is 0 Å². The molecule has 160 valence electrons. The number of amides is 2. The summed E-state index contributed by atoms with van der Waals surface area (Å²) >= 11 is 6.71. The maximum Gasteiger partial charge on any atom is 0.416 e. The molecule has 0 fully saturated rings. The minimum atomic E-state index is -4.72. The summed E-state index contributed by atoms with van der Waals surface area (Å²) in [6.07, 6.45) is -4.72. The lowest BCUT2D eigenvalue weighted by molar-refractivity contribution is -0.388. The van der Waals surface area contributed by atoms with E-state index in [-0.39, 0.29) is 32.8 Å². The molecule has 0 radical (unpaired) electrons. The van der Waals surface area contributed by atoms with Crippen molar-refractivity contribution in [2.24, 2.45) is 0 Å². The molecule has 0 heterocycles. The van der Waals surface area contributed by atoms with Gasteiger partial charge in [0.2, 0.25) is 5.91 Å². The van der Waals surface area contributed by atoms with E-state index in [1.54, 1.807) is 0 Å². The molecule has 0 spiro atoms. The molecule has 0 bridgehead atoms. The Balaban J connectivity index is 2.13. The maximum atomic E-state index is 12.8. The van der Waals surface area contributed by atoms with Crippen LogP contribution in [0.5, 0.6) is 0 Å². The van der Waals surface area contributed by atoms with Gasteiger partial charge in [0.1, 0.15) is 0 Å². The number of carbonyl (C=O) groups excluding carboxylic acids is 2. The van der Waals surface area contributed by atoms with Gasteiger partial charge in [-0.05, 0) is 30.3 Å². The van der Waals surface area contributed by atoms with E-state index in [0.717, 1.165) is 17.8 Å². The number of nitro benzene ring substituents is 1. The number of nitro groups is 1. The Bertz CT molecular complexity index is 999. The van der Waals surface area contributed by atoms with Gasteiger partial charge >= 0.3 is 6.18 Å². The molecule has 12 heteroatoms. The lowest BCUT2D eigenvalue weighted by Gasteiger charge is -2.13. The normalized spacial score (nSPS) is 11.1. The SMILES string of the molecule is CN(C)C(=O)c1cc(NC(=O)CSc2ccc(C(F)(F)F)cc2[N+](=O)[O-])ccc1Cl. The molecule has 2 rings (SSSR count). The number of rotatable bonds is 6. The summed E-state index contributed by atoms with van der Waals surface area (Å²) in [4.78, 5) is 35.7. The fourth-order valence-electron chi connectivity index (χ4n) is 2.31. The van der Waals surface area contributed by atoms with Gasteiger partial charge in [-0.3, -0.25) is 19.7 Å². The topological polar surface area (TPSA) is 92.6 Å². The van der Waals surface area contributed by atoms with Crippen molar-refractivity contribution in [2.75, 3.05) is 25.2 Å². The third-order valence-corrected chi connectivity index (χ3v) is 5.12. The molecular weight excluding hydrogens is 447 g/mol. The van der Waals surface area contributed by atoms with Gasteiger partial charge in [0, 0.05) is 25.8 Å². The Hall–Kier alpha value is -2.79. The summed E-state index contributed by atoms with van der Waals surface area (Å²) in [5, 5.41) is 13.8. The van der Waals surface area contributed by atoms with E-state index in [0.29, 0.717) is 12.1 Å². The quantitative estimate of drug-likeness (QED) is 0.382. The number of hydrogen-bond acceptors (Lipinski definition) is 5. The summed E-state index contributed by atoms with van der Waals surface area (Å²) in [5.41, 5.74) is -1.45. The van der Waals surface area contributed by atoms with E-state index in [9.17, 15) is 32.9 Å². The summed E-state index contributed by atoms with van der Waals surface area (Å²) < 4.78 is 38.3. The number of alkyl halides is 3. The molecule has 2 amide bonds. The first-order chi connectivity index (χ1) is 13.9. The van der Waals surface area contributed by atoms with Crippen LogP contribution in [0.3, 0.4) is 0 Å². The van der Waals surface area contributed by atoms with Gasteiger partial charge in [0.05, 0.1) is 31.7 Å². The Labute approximate surface area is 178 Å². The summed E-state index contributed by atoms with van der Waals surface area (Å²) in [6.45, 7) is 0. The third-order valence-electron chi connectivity index (χ3n) is 3.73. The highest BCUT2D eigenvalue weighted by Crippen LogP contribution is 2.36. The molecule has 7 nitrogen and oxygen atoms in total. The first-order valence-electron chi connectivity index (χ1n) is 8.19. The van der Waals surface area contributed by atoms with Crippen molar-refractivity contribution in [3.05, 3.63) is 62.7 Å². The van der Waals surface area contributed by atoms with E-state index < -0.39 is 28.3 Å². The van der Waals surface area contributed by atoms with E-state index in [2.05, 4.69) is 5.32 Å². The fourth-order valence-corrected chi connectivity index (χ4v) is 3.31. The molecule has 0 aliphatic carbocycles. The van der Waals surface area contributed by atoms with Crippen LogP contribution in [0.1, 0.15) is 15.9 Å². The Morgan fingerprint density at radius 3 is 2.43 bits per heavy atom. The van der Waals surface area contributed by atoms with Gasteiger partial charge in [-0.2, -0.15) is 13.2 Å². The monoisotopic (exact) mass is 461 g/mol. The highest BCUT2D eigenvalue weighted by atomic mass is 35.5. The zero-order valence-corrected chi connectivity index (χ0v) is 17.2. The van der Waals surface area contributed by atoms with Crippen LogP contribution in [0, 0.1) is 10.1 Å². The predicted molar refractivity (Wildman–Crippen MR) is 107 cm³/mol. The first-order valence-corrected chi connectivity index (χ1v) is 9.56. The Morgan fingerprint density at radius 1 is 1.20 bits per heavy atom. The van der Waals surface area contributed by atoms with Crippen molar-refractivity contribution >= 4 is 46.6 Å². The molecule has 0 unspecified atom stereocenters. The number of anilines is 1. The molecule has 0 saturated heterocycles. The fraction of sp³-hybridized carbons (Fsp3) is 0.222. The number of halogens is 4. The second-order valence-electron chi connectivity index (χ2n) is 6.17. The summed E-state index contributed by atoms with van der Waals surface area (Å²) in [6, 6.07) is 6.38. The van der Waals surface area contributed by atoms with Crippen LogP contribution in [0.25, 0.3) is 0 Å². The van der Waals surface area contributed by atoms with Crippen molar-refractivity contribution in [1.82, 2.24) is 4.90 Å². The standard InChI is InChI=1S/C18H15ClF3N3O4S/c1-24(2)17(27)12-8-11(4-5-13(12)19)23-16(26)9-30-15-6-3-10(18(20,21)22)7-14(15)25(28)29/h3-8H,9H2,1-2H3,(H,23,26). The van der Waals surface area contributed by atoms with Crippen LogP contribution in [0.4, 0.5) is 24.5 Å². The number of nitrogens with one attached hydrogen (secondary N) is 1. The van der Waals surface area contributed by atoms with Crippen molar-refractivity contribution in [3.8, 4) is 0 Å². The van der Waals surface area contributed by atoms with Gasteiger partial charge in [-0.1, -0.05) is 11.6 Å². The van der Waals surface area contributed by atoms with Crippen LogP contribution in [0.15, 0.2) is 41.3 Å². The molecule has 0 aromatic heterocycles. The van der Waals surface area contributed by atoms with Crippen molar-refractivity contribution in [3.63, 3.8) is 0 Å². The molecule has 30 heavy (non-hydrogen) atoms. The van der Waals surface area contributed by atoms with Crippen molar-refractivity contribution < 1.29 is 27.7 Å². The van der Waals surface area contributed by atoms with Crippen LogP contribution in [0.2, 0.25) is 5.02 Å². The van der Waals surface area contributed by atoms with Crippen LogP contribution in [-0.4, -0.2) is 41.5 Å². The molecular formula is C18H15ClF3N3O4S. The Kier molecular flexibility index (Phi) is 7.32. The van der Waals surface area contributed by atoms with Gasteiger partial charge < -0.3 is 10.2 Å². The summed E-state index contributed by atoms with van der Waals surface area (Å²) in [7, 11) is 3.08.